The number of methoxy groups -OCH3 is 1. The second kappa shape index (κ2) is 4.44. The van der Waals surface area contributed by atoms with Crippen molar-refractivity contribution in [3.05, 3.63) is 29.6 Å². The van der Waals surface area contributed by atoms with Gasteiger partial charge in [0, 0.05) is 0 Å². The molecule has 2 fully saturated rings. The maximum absolute atomic E-state index is 13.9. The molecule has 0 radical (unpaired) electrons. The van der Waals surface area contributed by atoms with Crippen LogP contribution in [0.5, 0.6) is 5.75 Å². The van der Waals surface area contributed by atoms with E-state index in [1.807, 2.05) is 6.07 Å². The van der Waals surface area contributed by atoms with E-state index in [0.29, 0.717) is 26.4 Å². The fraction of sp³-hybridized carbons (Fsp3) is 0.571. The molecule has 0 aliphatic carbocycles. The molecule has 2 aliphatic rings. The van der Waals surface area contributed by atoms with Gasteiger partial charge in [-0.05, 0) is 17.7 Å². The van der Waals surface area contributed by atoms with Gasteiger partial charge in [-0.25, -0.2) is 4.39 Å². The van der Waals surface area contributed by atoms with Crippen molar-refractivity contribution >= 4 is 0 Å². The maximum Gasteiger partial charge on any atom is 0.165 e. The van der Waals surface area contributed by atoms with Crippen molar-refractivity contribution < 1.29 is 23.7 Å². The van der Waals surface area contributed by atoms with Crippen molar-refractivity contribution in [2.75, 3.05) is 40.1 Å². The molecular formula is C14H17FO4. The van der Waals surface area contributed by atoms with Crippen LogP contribution in [0.2, 0.25) is 0 Å². The van der Waals surface area contributed by atoms with Crippen molar-refractivity contribution in [1.82, 2.24) is 0 Å². The Kier molecular flexibility index (Phi) is 3.00. The SMILES string of the molecule is COc1ccc(C2(C3(CO)COC3)COC2)cc1F. The summed E-state index contributed by atoms with van der Waals surface area (Å²) in [7, 11) is 1.44. The molecule has 1 aromatic rings. The lowest BCUT2D eigenvalue weighted by Gasteiger charge is -2.58. The van der Waals surface area contributed by atoms with Gasteiger partial charge < -0.3 is 19.3 Å². The first-order valence-electron chi connectivity index (χ1n) is 6.28. The highest BCUT2D eigenvalue weighted by molar-refractivity contribution is 5.38. The van der Waals surface area contributed by atoms with Gasteiger partial charge in [-0.1, -0.05) is 6.07 Å². The van der Waals surface area contributed by atoms with Crippen LogP contribution >= 0.6 is 0 Å². The topological polar surface area (TPSA) is 47.9 Å². The van der Waals surface area contributed by atoms with Crippen LogP contribution in [0.4, 0.5) is 4.39 Å². The van der Waals surface area contributed by atoms with Gasteiger partial charge in [-0.2, -0.15) is 0 Å². The molecule has 0 bridgehead atoms. The molecule has 0 unspecified atom stereocenters. The Morgan fingerprint density at radius 2 is 1.95 bits per heavy atom. The summed E-state index contributed by atoms with van der Waals surface area (Å²) in [5.74, 6) is -0.165. The monoisotopic (exact) mass is 268 g/mol. The van der Waals surface area contributed by atoms with E-state index in [-0.39, 0.29) is 29.0 Å². The molecule has 2 saturated heterocycles. The van der Waals surface area contributed by atoms with Crippen LogP contribution in [0.15, 0.2) is 18.2 Å². The van der Waals surface area contributed by atoms with Gasteiger partial charge in [0.05, 0.1) is 51.0 Å². The lowest BCUT2D eigenvalue weighted by molar-refractivity contribution is -0.242. The highest BCUT2D eigenvalue weighted by Crippen LogP contribution is 2.51. The van der Waals surface area contributed by atoms with E-state index in [1.165, 1.54) is 13.2 Å². The number of benzene rings is 1. The molecule has 0 amide bonds. The predicted molar refractivity (Wildman–Crippen MR) is 65.8 cm³/mol. The number of halogens is 1. The lowest BCUT2D eigenvalue weighted by Crippen LogP contribution is -2.68. The fourth-order valence-corrected chi connectivity index (χ4v) is 2.92. The molecule has 0 aromatic heterocycles. The second-order valence-corrected chi connectivity index (χ2v) is 5.36. The second-order valence-electron chi connectivity index (χ2n) is 5.36. The van der Waals surface area contributed by atoms with Crippen molar-refractivity contribution in [1.29, 1.82) is 0 Å². The summed E-state index contributed by atoms with van der Waals surface area (Å²) in [5.41, 5.74) is 0.133. The predicted octanol–water partition coefficient (Wildman–Crippen LogP) is 1.11. The number of aliphatic hydroxyl groups excluding tert-OH is 1. The number of hydrogen-bond acceptors (Lipinski definition) is 4. The molecule has 0 saturated carbocycles. The van der Waals surface area contributed by atoms with Gasteiger partial charge in [0.15, 0.2) is 11.6 Å². The van der Waals surface area contributed by atoms with Crippen molar-refractivity contribution in [2.45, 2.75) is 5.41 Å². The zero-order chi connectivity index (χ0) is 13.5. The zero-order valence-electron chi connectivity index (χ0n) is 10.8. The summed E-state index contributed by atoms with van der Waals surface area (Å²) >= 11 is 0. The molecule has 5 heteroatoms. The average molecular weight is 268 g/mol. The molecule has 2 heterocycles. The molecule has 3 rings (SSSR count). The zero-order valence-corrected chi connectivity index (χ0v) is 10.8. The third kappa shape index (κ3) is 1.62. The first kappa shape index (κ1) is 12.8. The van der Waals surface area contributed by atoms with E-state index in [1.54, 1.807) is 6.07 Å². The largest absolute Gasteiger partial charge is 0.494 e. The quantitative estimate of drug-likeness (QED) is 0.888. The highest BCUT2D eigenvalue weighted by Gasteiger charge is 2.61. The van der Waals surface area contributed by atoms with Crippen LogP contribution in [0, 0.1) is 11.2 Å². The maximum atomic E-state index is 13.9. The Morgan fingerprint density at radius 1 is 1.26 bits per heavy atom. The number of hydrogen-bond donors (Lipinski definition) is 1. The standard InChI is InChI=1S/C14H17FO4/c1-17-12-3-2-10(4-11(12)15)14(8-19-9-14)13(5-16)6-18-7-13/h2-4,16H,5-9H2,1H3. The van der Waals surface area contributed by atoms with Gasteiger partial charge >= 0.3 is 0 Å². The molecule has 104 valence electrons. The van der Waals surface area contributed by atoms with Crippen LogP contribution in [-0.4, -0.2) is 45.3 Å². The fourth-order valence-electron chi connectivity index (χ4n) is 2.92. The highest BCUT2D eigenvalue weighted by atomic mass is 19.1. The van der Waals surface area contributed by atoms with E-state index in [0.717, 1.165) is 5.56 Å². The van der Waals surface area contributed by atoms with E-state index < -0.39 is 0 Å². The van der Waals surface area contributed by atoms with Crippen LogP contribution in [0.25, 0.3) is 0 Å². The molecule has 0 atom stereocenters. The number of ether oxygens (including phenoxy) is 3. The summed E-state index contributed by atoms with van der Waals surface area (Å²) in [6, 6.07) is 4.95. The molecule has 2 aliphatic heterocycles. The number of rotatable bonds is 4. The van der Waals surface area contributed by atoms with Crippen LogP contribution in [0.1, 0.15) is 5.56 Å². The van der Waals surface area contributed by atoms with E-state index in [9.17, 15) is 9.50 Å². The minimum atomic E-state index is -0.389. The Morgan fingerprint density at radius 3 is 2.32 bits per heavy atom. The molecule has 4 nitrogen and oxygen atoms in total. The smallest absolute Gasteiger partial charge is 0.165 e. The Hall–Kier alpha value is -1.17. The summed E-state index contributed by atoms with van der Waals surface area (Å²) in [5, 5.41) is 9.71. The van der Waals surface area contributed by atoms with Crippen molar-refractivity contribution in [3.63, 3.8) is 0 Å². The van der Waals surface area contributed by atoms with E-state index in [2.05, 4.69) is 0 Å². The van der Waals surface area contributed by atoms with E-state index >= 15 is 0 Å². The number of aliphatic hydroxyl groups is 1. The van der Waals surface area contributed by atoms with Crippen molar-refractivity contribution in [3.8, 4) is 5.75 Å². The molecule has 1 N–H and O–H groups in total. The van der Waals surface area contributed by atoms with Gasteiger partial charge in [-0.3, -0.25) is 0 Å². The van der Waals surface area contributed by atoms with Gasteiger partial charge in [0.25, 0.3) is 0 Å². The van der Waals surface area contributed by atoms with E-state index in [4.69, 9.17) is 14.2 Å². The van der Waals surface area contributed by atoms with Gasteiger partial charge in [-0.15, -0.1) is 0 Å². The van der Waals surface area contributed by atoms with Crippen LogP contribution < -0.4 is 4.74 Å². The minimum Gasteiger partial charge on any atom is -0.494 e. The lowest BCUT2D eigenvalue weighted by atomic mass is 9.57. The Balaban J connectivity index is 2.00. The summed E-state index contributed by atoms with van der Waals surface area (Å²) < 4.78 is 29.5. The van der Waals surface area contributed by atoms with Crippen molar-refractivity contribution in [2.24, 2.45) is 5.41 Å². The minimum absolute atomic E-state index is 0.0179. The molecule has 1 aromatic carbocycles. The molecular weight excluding hydrogens is 251 g/mol. The molecule has 19 heavy (non-hydrogen) atoms. The summed E-state index contributed by atoms with van der Waals surface area (Å²) in [6.45, 7) is 1.97. The third-order valence-electron chi connectivity index (χ3n) is 4.48. The van der Waals surface area contributed by atoms with Gasteiger partial charge in [0.2, 0.25) is 0 Å². The third-order valence-corrected chi connectivity index (χ3v) is 4.48. The molecule has 0 spiro atoms. The average Bonchev–Trinajstić information content (AvgIpc) is 2.31. The first-order valence-corrected chi connectivity index (χ1v) is 6.28. The van der Waals surface area contributed by atoms with Crippen LogP contribution in [-0.2, 0) is 14.9 Å². The van der Waals surface area contributed by atoms with Crippen LogP contribution in [0.3, 0.4) is 0 Å². The Bertz CT molecular complexity index is 475. The Labute approximate surface area is 111 Å². The summed E-state index contributed by atoms with van der Waals surface area (Å²) in [4.78, 5) is 0. The first-order chi connectivity index (χ1) is 9.17. The van der Waals surface area contributed by atoms with Gasteiger partial charge in [0.1, 0.15) is 0 Å². The summed E-state index contributed by atoms with van der Waals surface area (Å²) in [6.07, 6.45) is 0. The normalized spacial score (nSPS) is 23.3.